The summed E-state index contributed by atoms with van der Waals surface area (Å²) in [4.78, 5) is 14.1. The molecule has 1 saturated heterocycles. The second-order valence-electron chi connectivity index (χ2n) is 5.20. The molecule has 1 amide bonds. The molecular weight excluding hydrogens is 256 g/mol. The van der Waals surface area contributed by atoms with E-state index in [1.165, 1.54) is 0 Å². The van der Waals surface area contributed by atoms with Gasteiger partial charge >= 0.3 is 0 Å². The number of carbonyl (C=O) groups excluding carboxylic acids is 1. The quantitative estimate of drug-likeness (QED) is 0.905. The Labute approximate surface area is 119 Å². The van der Waals surface area contributed by atoms with Crippen molar-refractivity contribution >= 4 is 11.7 Å². The van der Waals surface area contributed by atoms with Crippen molar-refractivity contribution in [1.29, 1.82) is 0 Å². The smallest absolute Gasteiger partial charge is 0.274 e. The highest BCUT2D eigenvalue weighted by atomic mass is 16.5. The van der Waals surface area contributed by atoms with E-state index in [9.17, 15) is 4.79 Å². The third kappa shape index (κ3) is 3.66. The van der Waals surface area contributed by atoms with E-state index >= 15 is 0 Å². The lowest BCUT2D eigenvalue weighted by Crippen LogP contribution is -2.48. The number of carbonyl (C=O) groups is 1. The number of anilines is 1. The van der Waals surface area contributed by atoms with Gasteiger partial charge in [0.15, 0.2) is 5.69 Å². The molecule has 0 spiro atoms. The molecule has 20 heavy (non-hydrogen) atoms. The first-order chi connectivity index (χ1) is 9.60. The molecule has 0 aliphatic carbocycles. The van der Waals surface area contributed by atoms with Gasteiger partial charge in [0.1, 0.15) is 5.82 Å². The largest absolute Gasteiger partial charge is 0.372 e. The van der Waals surface area contributed by atoms with Gasteiger partial charge in [-0.3, -0.25) is 4.79 Å². The molecule has 6 heteroatoms. The van der Waals surface area contributed by atoms with Crippen LogP contribution in [0.5, 0.6) is 0 Å². The summed E-state index contributed by atoms with van der Waals surface area (Å²) in [6.45, 7) is 8.07. The number of morpholine rings is 1. The summed E-state index contributed by atoms with van der Waals surface area (Å²) in [7, 11) is 0. The molecule has 1 fully saturated rings. The lowest BCUT2D eigenvalue weighted by atomic mass is 10.2. The van der Waals surface area contributed by atoms with E-state index in [0.29, 0.717) is 24.6 Å². The minimum Gasteiger partial charge on any atom is -0.372 e. The number of nitrogens with one attached hydrogen (secondary N) is 1. The Morgan fingerprint density at radius 1 is 1.35 bits per heavy atom. The van der Waals surface area contributed by atoms with Crippen molar-refractivity contribution in [2.75, 3.05) is 25.0 Å². The van der Waals surface area contributed by atoms with Crippen LogP contribution in [0.25, 0.3) is 0 Å². The van der Waals surface area contributed by atoms with Gasteiger partial charge in [-0.05, 0) is 32.4 Å². The molecule has 1 aromatic rings. The van der Waals surface area contributed by atoms with E-state index in [1.807, 2.05) is 13.8 Å². The second kappa shape index (κ2) is 6.65. The molecule has 110 valence electrons. The number of nitrogens with zero attached hydrogens (tertiary/aromatic N) is 3. The van der Waals surface area contributed by atoms with Crippen LogP contribution in [0.2, 0.25) is 0 Å². The predicted molar refractivity (Wildman–Crippen MR) is 76.7 cm³/mol. The number of ether oxygens (including phenoxy) is 1. The monoisotopic (exact) mass is 278 g/mol. The van der Waals surface area contributed by atoms with Gasteiger partial charge in [-0.25, -0.2) is 0 Å². The first kappa shape index (κ1) is 14.7. The van der Waals surface area contributed by atoms with E-state index in [1.54, 1.807) is 17.0 Å². The Hall–Kier alpha value is -1.69. The van der Waals surface area contributed by atoms with Crippen molar-refractivity contribution in [2.45, 2.75) is 39.4 Å². The molecule has 0 bridgehead atoms. The molecule has 1 aliphatic heterocycles. The zero-order chi connectivity index (χ0) is 14.5. The Bertz CT molecular complexity index is 439. The Balaban J connectivity index is 2.01. The third-order valence-electron chi connectivity index (χ3n) is 3.15. The summed E-state index contributed by atoms with van der Waals surface area (Å²) in [6, 6.07) is 3.52. The number of amides is 1. The maximum atomic E-state index is 12.4. The summed E-state index contributed by atoms with van der Waals surface area (Å²) in [5, 5.41) is 11.2. The fraction of sp³-hybridized carbons (Fsp3) is 0.643. The summed E-state index contributed by atoms with van der Waals surface area (Å²) in [5.74, 6) is 0.619. The van der Waals surface area contributed by atoms with Crippen LogP contribution in [-0.2, 0) is 4.74 Å². The number of hydrogen-bond acceptors (Lipinski definition) is 5. The molecule has 2 heterocycles. The van der Waals surface area contributed by atoms with Crippen molar-refractivity contribution < 1.29 is 9.53 Å². The van der Waals surface area contributed by atoms with Gasteiger partial charge in [0, 0.05) is 19.6 Å². The first-order valence-electron chi connectivity index (χ1n) is 7.12. The zero-order valence-electron chi connectivity index (χ0n) is 12.3. The van der Waals surface area contributed by atoms with E-state index in [0.717, 1.165) is 13.0 Å². The Kier molecular flexibility index (Phi) is 4.89. The van der Waals surface area contributed by atoms with Crippen molar-refractivity contribution in [3.63, 3.8) is 0 Å². The first-order valence-corrected chi connectivity index (χ1v) is 7.12. The van der Waals surface area contributed by atoms with Crippen molar-refractivity contribution in [3.8, 4) is 0 Å². The van der Waals surface area contributed by atoms with Crippen molar-refractivity contribution in [1.82, 2.24) is 15.1 Å². The summed E-state index contributed by atoms with van der Waals surface area (Å²) in [5.41, 5.74) is 0.383. The van der Waals surface area contributed by atoms with Crippen LogP contribution < -0.4 is 5.32 Å². The zero-order valence-corrected chi connectivity index (χ0v) is 12.3. The second-order valence-corrected chi connectivity index (χ2v) is 5.20. The molecular formula is C14H22N4O2. The fourth-order valence-electron chi connectivity index (χ4n) is 2.30. The maximum absolute atomic E-state index is 12.4. The average molecular weight is 278 g/mol. The fourth-order valence-corrected chi connectivity index (χ4v) is 2.30. The number of hydrogen-bond donors (Lipinski definition) is 1. The topological polar surface area (TPSA) is 67.4 Å². The predicted octanol–water partition coefficient (Wildman–Crippen LogP) is 1.55. The van der Waals surface area contributed by atoms with Gasteiger partial charge in [0.25, 0.3) is 5.91 Å². The third-order valence-corrected chi connectivity index (χ3v) is 3.15. The lowest BCUT2D eigenvalue weighted by Gasteiger charge is -2.35. The van der Waals surface area contributed by atoms with Crippen LogP contribution in [0.15, 0.2) is 12.1 Å². The molecule has 6 nitrogen and oxygen atoms in total. The van der Waals surface area contributed by atoms with Crippen molar-refractivity contribution in [3.05, 3.63) is 17.8 Å². The van der Waals surface area contributed by atoms with Crippen LogP contribution >= 0.6 is 0 Å². The molecule has 2 rings (SSSR count). The maximum Gasteiger partial charge on any atom is 0.274 e. The highest BCUT2D eigenvalue weighted by molar-refractivity contribution is 5.92. The highest BCUT2D eigenvalue weighted by Crippen LogP contribution is 2.13. The van der Waals surface area contributed by atoms with Gasteiger partial charge in [-0.2, -0.15) is 0 Å². The number of rotatable bonds is 4. The summed E-state index contributed by atoms with van der Waals surface area (Å²) < 4.78 is 5.63. The van der Waals surface area contributed by atoms with Crippen LogP contribution in [0.3, 0.4) is 0 Å². The SMILES string of the molecule is CCCNc1ccc(C(=O)N2C[C@@H](C)O[C@@H](C)C2)nn1. The van der Waals surface area contributed by atoms with Gasteiger partial charge in [-0.15, -0.1) is 10.2 Å². The van der Waals surface area contributed by atoms with Crippen molar-refractivity contribution in [2.24, 2.45) is 0 Å². The van der Waals surface area contributed by atoms with E-state index in [-0.39, 0.29) is 18.1 Å². The standard InChI is InChI=1S/C14H22N4O2/c1-4-7-15-13-6-5-12(16-17-13)14(19)18-8-10(2)20-11(3)9-18/h5-6,10-11H,4,7-9H2,1-3H3,(H,15,17)/t10-,11+. The van der Waals surface area contributed by atoms with Gasteiger partial charge in [0.2, 0.25) is 0 Å². The van der Waals surface area contributed by atoms with Crippen LogP contribution in [0.4, 0.5) is 5.82 Å². The Morgan fingerprint density at radius 2 is 2.05 bits per heavy atom. The molecule has 0 unspecified atom stereocenters. The normalized spacial score (nSPS) is 22.6. The van der Waals surface area contributed by atoms with Crippen LogP contribution in [0.1, 0.15) is 37.7 Å². The van der Waals surface area contributed by atoms with E-state index in [4.69, 9.17) is 4.74 Å². The van der Waals surface area contributed by atoms with Gasteiger partial charge in [-0.1, -0.05) is 6.92 Å². The van der Waals surface area contributed by atoms with E-state index in [2.05, 4.69) is 22.4 Å². The molecule has 1 aromatic heterocycles. The van der Waals surface area contributed by atoms with Crippen LogP contribution in [-0.4, -0.2) is 52.8 Å². The minimum atomic E-state index is -0.0819. The van der Waals surface area contributed by atoms with Crippen LogP contribution in [0, 0.1) is 0 Å². The molecule has 0 saturated carbocycles. The van der Waals surface area contributed by atoms with Gasteiger partial charge in [0.05, 0.1) is 12.2 Å². The molecule has 2 atom stereocenters. The minimum absolute atomic E-state index is 0.0566. The highest BCUT2D eigenvalue weighted by Gasteiger charge is 2.27. The summed E-state index contributed by atoms with van der Waals surface area (Å²) >= 11 is 0. The molecule has 1 aliphatic rings. The molecule has 1 N–H and O–H groups in total. The summed E-state index contributed by atoms with van der Waals surface area (Å²) in [6.07, 6.45) is 1.13. The Morgan fingerprint density at radius 3 is 2.60 bits per heavy atom. The molecule has 0 radical (unpaired) electrons. The van der Waals surface area contributed by atoms with E-state index < -0.39 is 0 Å². The molecule has 0 aromatic carbocycles. The lowest BCUT2D eigenvalue weighted by molar-refractivity contribution is -0.0587. The number of aromatic nitrogens is 2. The van der Waals surface area contributed by atoms with Gasteiger partial charge < -0.3 is 15.0 Å². The average Bonchev–Trinajstić information content (AvgIpc) is 2.44.